The van der Waals surface area contributed by atoms with E-state index in [-0.39, 0.29) is 24.4 Å². The average molecular weight is 402 g/mol. The first-order valence-corrected chi connectivity index (χ1v) is 10.9. The number of hydrogen-bond acceptors (Lipinski definition) is 2. The van der Waals surface area contributed by atoms with Gasteiger partial charge in [-0.1, -0.05) is 55.5 Å². The number of carbonyl (C=O) groups is 2. The predicted molar refractivity (Wildman–Crippen MR) is 117 cm³/mol. The van der Waals surface area contributed by atoms with Gasteiger partial charge in [0.15, 0.2) is 0 Å². The van der Waals surface area contributed by atoms with Gasteiger partial charge < -0.3 is 14.8 Å². The molecule has 1 saturated heterocycles. The average Bonchev–Trinajstić information content (AvgIpc) is 3.14. The molecule has 1 N–H and O–H groups in total. The highest BCUT2D eigenvalue weighted by molar-refractivity contribution is 5.97. The summed E-state index contributed by atoms with van der Waals surface area (Å²) >= 11 is 0. The van der Waals surface area contributed by atoms with Crippen LogP contribution < -0.4 is 0 Å². The van der Waals surface area contributed by atoms with E-state index < -0.39 is 6.04 Å². The zero-order chi connectivity index (χ0) is 20.7. The third-order valence-corrected chi connectivity index (χ3v) is 6.50. The number of rotatable bonds is 5. The van der Waals surface area contributed by atoms with E-state index >= 15 is 0 Å². The van der Waals surface area contributed by atoms with Gasteiger partial charge in [0.2, 0.25) is 11.8 Å². The predicted octanol–water partition coefficient (Wildman–Crippen LogP) is 3.85. The van der Waals surface area contributed by atoms with Crippen LogP contribution in [0.5, 0.6) is 0 Å². The number of nitrogens with zero attached hydrogens (tertiary/aromatic N) is 2. The first kappa shape index (κ1) is 18.9. The van der Waals surface area contributed by atoms with Gasteiger partial charge in [0, 0.05) is 29.6 Å². The Kier molecular flexibility index (Phi) is 4.81. The van der Waals surface area contributed by atoms with Crippen molar-refractivity contribution < 1.29 is 9.59 Å². The van der Waals surface area contributed by atoms with Crippen LogP contribution in [0.25, 0.3) is 10.9 Å². The Balaban J connectivity index is 1.56. The van der Waals surface area contributed by atoms with E-state index in [9.17, 15) is 9.59 Å². The van der Waals surface area contributed by atoms with Crippen LogP contribution in [0, 0.1) is 0 Å². The fourth-order valence-corrected chi connectivity index (χ4v) is 5.15. The number of benzene rings is 2. The summed E-state index contributed by atoms with van der Waals surface area (Å²) in [6.45, 7) is 2.89. The van der Waals surface area contributed by atoms with Crippen molar-refractivity contribution in [2.45, 2.75) is 44.7 Å². The van der Waals surface area contributed by atoms with E-state index in [4.69, 9.17) is 0 Å². The quantitative estimate of drug-likeness (QED) is 0.706. The molecule has 0 unspecified atom stereocenters. The number of aromatic nitrogens is 1. The lowest BCUT2D eigenvalue weighted by molar-refractivity contribution is -0.159. The number of carbonyl (C=O) groups excluding carboxylic acids is 2. The van der Waals surface area contributed by atoms with Crippen LogP contribution in [-0.4, -0.2) is 45.7 Å². The van der Waals surface area contributed by atoms with E-state index in [1.165, 1.54) is 16.5 Å². The van der Waals surface area contributed by atoms with Crippen LogP contribution in [0.3, 0.4) is 0 Å². The lowest BCUT2D eigenvalue weighted by atomic mass is 9.86. The van der Waals surface area contributed by atoms with E-state index in [0.29, 0.717) is 13.0 Å². The summed E-state index contributed by atoms with van der Waals surface area (Å²) in [7, 11) is 0. The highest BCUT2D eigenvalue weighted by Crippen LogP contribution is 2.41. The minimum Gasteiger partial charge on any atom is -0.356 e. The van der Waals surface area contributed by atoms with Crippen LogP contribution in [-0.2, 0) is 22.4 Å². The van der Waals surface area contributed by atoms with Crippen LogP contribution in [0.1, 0.15) is 42.6 Å². The van der Waals surface area contributed by atoms with E-state index in [0.717, 1.165) is 30.5 Å². The van der Waals surface area contributed by atoms with Gasteiger partial charge >= 0.3 is 0 Å². The Bertz CT molecular complexity index is 1090. The maximum atomic E-state index is 13.3. The van der Waals surface area contributed by atoms with Crippen molar-refractivity contribution in [2.24, 2.45) is 0 Å². The summed E-state index contributed by atoms with van der Waals surface area (Å²) in [6.07, 6.45) is 3.12. The summed E-state index contributed by atoms with van der Waals surface area (Å²) in [4.78, 5) is 33.7. The molecule has 3 heterocycles. The Labute approximate surface area is 176 Å². The zero-order valence-corrected chi connectivity index (χ0v) is 17.3. The second-order valence-corrected chi connectivity index (χ2v) is 8.38. The molecule has 5 nitrogen and oxygen atoms in total. The summed E-state index contributed by atoms with van der Waals surface area (Å²) < 4.78 is 0. The molecule has 2 aromatic carbocycles. The molecule has 154 valence electrons. The van der Waals surface area contributed by atoms with Gasteiger partial charge in [-0.3, -0.25) is 9.59 Å². The van der Waals surface area contributed by atoms with Crippen molar-refractivity contribution in [3.63, 3.8) is 0 Å². The second kappa shape index (κ2) is 7.63. The normalized spacial score (nSPS) is 21.1. The molecule has 0 bridgehead atoms. The van der Waals surface area contributed by atoms with Crippen molar-refractivity contribution in [2.75, 3.05) is 13.1 Å². The van der Waals surface area contributed by atoms with E-state index in [1.54, 1.807) is 4.90 Å². The summed E-state index contributed by atoms with van der Waals surface area (Å²) in [5, 5.41) is 1.17. The monoisotopic (exact) mass is 401 g/mol. The molecular weight excluding hydrogens is 374 g/mol. The minimum absolute atomic E-state index is 0.0652. The minimum atomic E-state index is -0.398. The van der Waals surface area contributed by atoms with Crippen molar-refractivity contribution in [1.29, 1.82) is 0 Å². The topological polar surface area (TPSA) is 56.4 Å². The molecule has 2 aliphatic rings. The number of H-pyrrole nitrogens is 1. The molecule has 2 aliphatic heterocycles. The lowest BCUT2D eigenvalue weighted by Crippen LogP contribution is -2.62. The molecule has 30 heavy (non-hydrogen) atoms. The highest BCUT2D eigenvalue weighted by atomic mass is 16.2. The maximum absolute atomic E-state index is 13.3. The lowest BCUT2D eigenvalue weighted by Gasteiger charge is -2.47. The van der Waals surface area contributed by atoms with E-state index in [2.05, 4.69) is 29.2 Å². The van der Waals surface area contributed by atoms with Gasteiger partial charge in [-0.15, -0.1) is 0 Å². The Morgan fingerprint density at radius 3 is 2.60 bits per heavy atom. The van der Waals surface area contributed by atoms with Crippen molar-refractivity contribution in [3.8, 4) is 0 Å². The molecule has 1 aromatic heterocycles. The zero-order valence-electron chi connectivity index (χ0n) is 17.3. The Hall–Kier alpha value is -3.08. The van der Waals surface area contributed by atoms with Gasteiger partial charge in [0.05, 0.1) is 12.6 Å². The van der Waals surface area contributed by atoms with Crippen molar-refractivity contribution >= 4 is 22.7 Å². The molecule has 0 saturated carbocycles. The molecule has 3 aromatic rings. The molecule has 2 amide bonds. The van der Waals surface area contributed by atoms with Gasteiger partial charge in [0.25, 0.3) is 0 Å². The summed E-state index contributed by atoms with van der Waals surface area (Å²) in [5.74, 6) is 0.160. The van der Waals surface area contributed by atoms with Crippen LogP contribution in [0.2, 0.25) is 0 Å². The van der Waals surface area contributed by atoms with Gasteiger partial charge in [0.1, 0.15) is 6.04 Å². The number of aromatic amines is 1. The smallest absolute Gasteiger partial charge is 0.246 e. The Morgan fingerprint density at radius 1 is 1.03 bits per heavy atom. The van der Waals surface area contributed by atoms with Crippen molar-refractivity contribution in [3.05, 3.63) is 71.4 Å². The first-order chi connectivity index (χ1) is 14.7. The summed E-state index contributed by atoms with van der Waals surface area (Å²) in [6, 6.07) is 18.1. The summed E-state index contributed by atoms with van der Waals surface area (Å²) in [5.41, 5.74) is 4.64. The van der Waals surface area contributed by atoms with Crippen LogP contribution >= 0.6 is 0 Å². The number of fused-ring (bicyclic) bond motifs is 4. The van der Waals surface area contributed by atoms with Gasteiger partial charge in [-0.05, 0) is 36.5 Å². The third-order valence-electron chi connectivity index (χ3n) is 6.50. The van der Waals surface area contributed by atoms with Gasteiger partial charge in [-0.2, -0.15) is 0 Å². The highest BCUT2D eigenvalue weighted by Gasteiger charge is 2.47. The molecule has 0 aliphatic carbocycles. The number of nitrogens with one attached hydrogen (secondary N) is 1. The molecule has 2 atom stereocenters. The number of aryl methyl sites for hydroxylation is 1. The number of hydrogen-bond donors (Lipinski definition) is 1. The fraction of sp³-hybridized carbons (Fsp3) is 0.360. The second-order valence-electron chi connectivity index (χ2n) is 8.38. The number of amides is 2. The standard InChI is InChI=1S/C25H27N3O2/c1-2-14-27-16-23(29)28-21(13-12-17-8-4-3-5-9-17)24-19(15-22(28)25(27)30)18-10-6-7-11-20(18)26-24/h3-11,21-22,26H,2,12-16H2,1H3/t21-,22+/m1/s1. The maximum Gasteiger partial charge on any atom is 0.246 e. The van der Waals surface area contributed by atoms with Crippen molar-refractivity contribution in [1.82, 2.24) is 14.8 Å². The largest absolute Gasteiger partial charge is 0.356 e. The molecule has 0 radical (unpaired) electrons. The molecule has 5 heteroatoms. The Morgan fingerprint density at radius 2 is 1.80 bits per heavy atom. The van der Waals surface area contributed by atoms with Crippen LogP contribution in [0.4, 0.5) is 0 Å². The SMILES string of the molecule is CCCN1CC(=O)N2[C@H](CCc3ccccc3)c3[nH]c4ccccc4c3C[C@H]2C1=O. The van der Waals surface area contributed by atoms with Gasteiger partial charge in [-0.25, -0.2) is 0 Å². The first-order valence-electron chi connectivity index (χ1n) is 10.9. The molecular formula is C25H27N3O2. The molecule has 1 fully saturated rings. The van der Waals surface area contributed by atoms with E-state index in [1.807, 2.05) is 42.2 Å². The fourth-order valence-electron chi connectivity index (χ4n) is 5.15. The molecule has 5 rings (SSSR count). The number of para-hydroxylation sites is 1. The van der Waals surface area contributed by atoms with Crippen LogP contribution in [0.15, 0.2) is 54.6 Å². The molecule has 0 spiro atoms. The third kappa shape index (κ3) is 3.09. The number of piperazine rings is 1.